The highest BCUT2D eigenvalue weighted by Crippen LogP contribution is 2.42. The molecule has 5 rings (SSSR count). The van der Waals surface area contributed by atoms with Crippen molar-refractivity contribution in [2.45, 2.75) is 37.4 Å². The molecule has 5 atom stereocenters. The minimum absolute atomic E-state index is 0.0894. The molecule has 0 amide bonds. The number of fused-ring (bicyclic) bond motifs is 4. The number of aliphatic hydroxyl groups is 3. The summed E-state index contributed by atoms with van der Waals surface area (Å²) in [5.74, 6) is -2.10. The van der Waals surface area contributed by atoms with Gasteiger partial charge in [-0.25, -0.2) is 4.79 Å². The molecular formula is C26H22O9. The standard InChI is InChI=1S/C26H22O9/c1-10-8-11-6-7-13-18(20(28)12-4-3-5-15(34-2)17(12)19(13)27)16(11)14(9-10)24-22(30)21(29)23(31)25(35-24)26(32)33/h3-9,21-25,29-31H,1-2H3,(H,32,33)/t21-,22-,23+,24+,25+/m1/s1. The second-order valence-electron chi connectivity index (χ2n) is 8.77. The number of rotatable bonds is 3. The molecule has 0 unspecified atom stereocenters. The van der Waals surface area contributed by atoms with Crippen LogP contribution in [0.25, 0.3) is 10.8 Å². The molecule has 4 N–H and O–H groups in total. The van der Waals surface area contributed by atoms with Crippen LogP contribution < -0.4 is 4.74 Å². The summed E-state index contributed by atoms with van der Waals surface area (Å²) in [5, 5.41) is 41.6. The number of benzene rings is 3. The fraction of sp³-hybridized carbons (Fsp3) is 0.269. The Morgan fingerprint density at radius 2 is 1.60 bits per heavy atom. The molecule has 1 saturated heterocycles. The van der Waals surface area contributed by atoms with Gasteiger partial charge in [-0.2, -0.15) is 0 Å². The molecule has 180 valence electrons. The van der Waals surface area contributed by atoms with E-state index in [9.17, 15) is 34.8 Å². The summed E-state index contributed by atoms with van der Waals surface area (Å²) in [4.78, 5) is 38.9. The number of aliphatic carboxylic acids is 1. The van der Waals surface area contributed by atoms with Gasteiger partial charge in [0.05, 0.1) is 12.7 Å². The van der Waals surface area contributed by atoms with E-state index in [0.29, 0.717) is 16.3 Å². The number of methoxy groups -OCH3 is 1. The van der Waals surface area contributed by atoms with Gasteiger partial charge < -0.3 is 29.9 Å². The number of carbonyl (C=O) groups is 3. The lowest BCUT2D eigenvalue weighted by Gasteiger charge is -2.39. The SMILES string of the molecule is COc1cccc2c1C(=O)c1ccc3cc(C)cc([C@@H]4O[C@H](C(=O)O)[C@@H](O)[C@H](O)[C@H]4O)c3c1C2=O. The fourth-order valence-electron chi connectivity index (χ4n) is 5.04. The number of aliphatic hydroxyl groups excluding tert-OH is 3. The maximum atomic E-state index is 13.7. The smallest absolute Gasteiger partial charge is 0.335 e. The van der Waals surface area contributed by atoms with E-state index in [1.807, 2.05) is 0 Å². The first kappa shape index (κ1) is 23.1. The van der Waals surface area contributed by atoms with Crippen LogP contribution >= 0.6 is 0 Å². The molecule has 0 bridgehead atoms. The third kappa shape index (κ3) is 3.35. The van der Waals surface area contributed by atoms with Crippen molar-refractivity contribution in [1.29, 1.82) is 0 Å². The summed E-state index contributed by atoms with van der Waals surface area (Å²) >= 11 is 0. The summed E-state index contributed by atoms with van der Waals surface area (Å²) in [7, 11) is 1.41. The van der Waals surface area contributed by atoms with Crippen molar-refractivity contribution >= 4 is 28.3 Å². The number of carbonyl (C=O) groups excluding carboxylic acids is 2. The number of aryl methyl sites for hydroxylation is 1. The van der Waals surface area contributed by atoms with Crippen molar-refractivity contribution in [2.75, 3.05) is 7.11 Å². The van der Waals surface area contributed by atoms with E-state index in [4.69, 9.17) is 9.47 Å². The molecule has 1 fully saturated rings. The van der Waals surface area contributed by atoms with Crippen molar-refractivity contribution in [2.24, 2.45) is 0 Å². The summed E-state index contributed by atoms with van der Waals surface area (Å²) in [5.41, 5.74) is 1.47. The third-order valence-electron chi connectivity index (χ3n) is 6.65. The molecule has 3 aromatic rings. The first-order valence-corrected chi connectivity index (χ1v) is 10.9. The Morgan fingerprint density at radius 1 is 0.914 bits per heavy atom. The van der Waals surface area contributed by atoms with Crippen LogP contribution in [0, 0.1) is 6.92 Å². The van der Waals surface area contributed by atoms with E-state index in [1.165, 1.54) is 13.2 Å². The molecule has 0 radical (unpaired) electrons. The molecule has 0 saturated carbocycles. The maximum Gasteiger partial charge on any atom is 0.335 e. The van der Waals surface area contributed by atoms with Crippen LogP contribution in [0.15, 0.2) is 42.5 Å². The second kappa shape index (κ2) is 8.24. The van der Waals surface area contributed by atoms with Gasteiger partial charge in [-0.15, -0.1) is 0 Å². The van der Waals surface area contributed by atoms with Gasteiger partial charge >= 0.3 is 5.97 Å². The Bertz CT molecular complexity index is 1410. The number of hydrogen-bond donors (Lipinski definition) is 4. The van der Waals surface area contributed by atoms with Crippen LogP contribution in [0.5, 0.6) is 5.75 Å². The van der Waals surface area contributed by atoms with Crippen molar-refractivity contribution in [1.82, 2.24) is 0 Å². The zero-order valence-corrected chi connectivity index (χ0v) is 18.8. The first-order valence-electron chi connectivity index (χ1n) is 10.9. The van der Waals surface area contributed by atoms with Crippen LogP contribution in [-0.2, 0) is 9.53 Å². The zero-order valence-electron chi connectivity index (χ0n) is 18.8. The number of ketones is 2. The van der Waals surface area contributed by atoms with E-state index in [2.05, 4.69) is 0 Å². The third-order valence-corrected chi connectivity index (χ3v) is 6.65. The van der Waals surface area contributed by atoms with Gasteiger partial charge in [0.25, 0.3) is 0 Å². The Kier molecular flexibility index (Phi) is 5.45. The van der Waals surface area contributed by atoms with Gasteiger partial charge in [-0.05, 0) is 35.4 Å². The van der Waals surface area contributed by atoms with Gasteiger partial charge in [0.15, 0.2) is 17.7 Å². The lowest BCUT2D eigenvalue weighted by molar-refractivity contribution is -0.229. The van der Waals surface area contributed by atoms with Crippen LogP contribution in [-0.4, -0.2) is 69.5 Å². The highest BCUT2D eigenvalue weighted by atomic mass is 16.6. The summed E-state index contributed by atoms with van der Waals surface area (Å²) in [6.45, 7) is 1.77. The predicted molar refractivity (Wildman–Crippen MR) is 122 cm³/mol. The molecule has 9 heteroatoms. The molecule has 35 heavy (non-hydrogen) atoms. The Morgan fingerprint density at radius 3 is 2.29 bits per heavy atom. The van der Waals surface area contributed by atoms with Gasteiger partial charge in [0.2, 0.25) is 0 Å². The minimum atomic E-state index is -1.86. The number of ether oxygens (including phenoxy) is 2. The average molecular weight is 478 g/mol. The summed E-state index contributed by atoms with van der Waals surface area (Å²) in [6, 6.07) is 11.3. The van der Waals surface area contributed by atoms with Gasteiger partial charge in [0, 0.05) is 16.7 Å². The Labute approximate surface area is 199 Å². The molecular weight excluding hydrogens is 456 g/mol. The van der Waals surface area contributed by atoms with Crippen molar-refractivity contribution in [3.63, 3.8) is 0 Å². The second-order valence-corrected chi connectivity index (χ2v) is 8.77. The number of carboxylic acid groups (broad SMARTS) is 1. The van der Waals surface area contributed by atoms with Crippen molar-refractivity contribution in [3.8, 4) is 5.75 Å². The molecule has 2 aliphatic rings. The van der Waals surface area contributed by atoms with E-state index in [0.717, 1.165) is 0 Å². The van der Waals surface area contributed by atoms with Crippen LogP contribution in [0.3, 0.4) is 0 Å². The predicted octanol–water partition coefficient (Wildman–Crippen LogP) is 1.54. The molecule has 3 aromatic carbocycles. The molecule has 1 aliphatic carbocycles. The molecule has 1 aliphatic heterocycles. The highest BCUT2D eigenvalue weighted by molar-refractivity contribution is 6.33. The fourth-order valence-corrected chi connectivity index (χ4v) is 5.04. The highest BCUT2D eigenvalue weighted by Gasteiger charge is 2.48. The quantitative estimate of drug-likeness (QED) is 0.344. The van der Waals surface area contributed by atoms with E-state index >= 15 is 0 Å². The molecule has 9 nitrogen and oxygen atoms in total. The Balaban J connectivity index is 1.78. The van der Waals surface area contributed by atoms with E-state index < -0.39 is 48.1 Å². The van der Waals surface area contributed by atoms with Crippen LogP contribution in [0.4, 0.5) is 0 Å². The average Bonchev–Trinajstić information content (AvgIpc) is 2.84. The monoisotopic (exact) mass is 478 g/mol. The normalized spacial score (nSPS) is 25.8. The lowest BCUT2D eigenvalue weighted by atomic mass is 9.78. The largest absolute Gasteiger partial charge is 0.496 e. The molecule has 1 heterocycles. The molecule has 0 aromatic heterocycles. The first-order chi connectivity index (χ1) is 16.6. The Hall–Kier alpha value is -3.63. The minimum Gasteiger partial charge on any atom is -0.496 e. The van der Waals surface area contributed by atoms with Crippen molar-refractivity contribution < 1.29 is 44.3 Å². The van der Waals surface area contributed by atoms with Gasteiger partial charge in [-0.3, -0.25) is 9.59 Å². The van der Waals surface area contributed by atoms with E-state index in [-0.39, 0.29) is 33.6 Å². The van der Waals surface area contributed by atoms with Crippen LogP contribution in [0.1, 0.15) is 49.1 Å². The number of hydrogen-bond acceptors (Lipinski definition) is 8. The lowest BCUT2D eigenvalue weighted by Crippen LogP contribution is -2.56. The van der Waals surface area contributed by atoms with Crippen LogP contribution in [0.2, 0.25) is 0 Å². The topological polar surface area (TPSA) is 151 Å². The van der Waals surface area contributed by atoms with Gasteiger partial charge in [0.1, 0.15) is 30.2 Å². The van der Waals surface area contributed by atoms with E-state index in [1.54, 1.807) is 43.3 Å². The van der Waals surface area contributed by atoms with Gasteiger partial charge in [-0.1, -0.05) is 35.9 Å². The zero-order chi connectivity index (χ0) is 25.2. The summed E-state index contributed by atoms with van der Waals surface area (Å²) < 4.78 is 10.9. The molecule has 0 spiro atoms. The maximum absolute atomic E-state index is 13.7. The summed E-state index contributed by atoms with van der Waals surface area (Å²) in [6.07, 6.45) is -8.56. The number of carboxylic acids is 1. The van der Waals surface area contributed by atoms with Crippen molar-refractivity contribution in [3.05, 3.63) is 75.8 Å².